The lowest BCUT2D eigenvalue weighted by atomic mass is 10.0. The largest absolute Gasteiger partial charge is 0.363 e. The van der Waals surface area contributed by atoms with E-state index in [0.29, 0.717) is 17.8 Å². The number of carbonyl (C=O) groups excluding carboxylic acids is 2. The molecule has 1 aliphatic heterocycles. The van der Waals surface area contributed by atoms with Gasteiger partial charge in [-0.15, -0.1) is 0 Å². The molecule has 0 unspecified atom stereocenters. The van der Waals surface area contributed by atoms with Crippen LogP contribution >= 0.6 is 0 Å². The van der Waals surface area contributed by atoms with Crippen LogP contribution in [0.5, 0.6) is 0 Å². The van der Waals surface area contributed by atoms with Gasteiger partial charge in [-0.3, -0.25) is 9.59 Å². The van der Waals surface area contributed by atoms with Gasteiger partial charge < -0.3 is 15.2 Å². The van der Waals surface area contributed by atoms with Gasteiger partial charge >= 0.3 is 0 Å². The van der Waals surface area contributed by atoms with E-state index in [9.17, 15) is 9.59 Å². The zero-order valence-electron chi connectivity index (χ0n) is 13.9. The Labute approximate surface area is 135 Å². The first-order chi connectivity index (χ1) is 10.9. The summed E-state index contributed by atoms with van der Waals surface area (Å²) < 4.78 is 0. The monoisotopic (exact) mass is 311 g/mol. The zero-order valence-corrected chi connectivity index (χ0v) is 13.9. The van der Waals surface area contributed by atoms with Crippen LogP contribution in [-0.4, -0.2) is 23.3 Å². The average molecular weight is 311 g/mol. The molecule has 2 amide bonds. The Kier molecular flexibility index (Phi) is 3.72. The van der Waals surface area contributed by atoms with Gasteiger partial charge in [0.15, 0.2) is 0 Å². The highest BCUT2D eigenvalue weighted by Gasteiger charge is 2.29. The SMILES string of the molecule is CC(=O)Nc1c[nH]c(C)c1C(=O)N1CCc2cc(C)c(C)cc21. The predicted molar refractivity (Wildman–Crippen MR) is 91.1 cm³/mol. The summed E-state index contributed by atoms with van der Waals surface area (Å²) in [6.07, 6.45) is 2.53. The van der Waals surface area contributed by atoms with Gasteiger partial charge in [0.1, 0.15) is 0 Å². The summed E-state index contributed by atoms with van der Waals surface area (Å²) in [4.78, 5) is 29.2. The predicted octanol–water partition coefficient (Wildman–Crippen LogP) is 3.10. The van der Waals surface area contributed by atoms with Crippen LogP contribution in [0.1, 0.15) is 39.7 Å². The van der Waals surface area contributed by atoms with Crippen molar-refractivity contribution < 1.29 is 9.59 Å². The lowest BCUT2D eigenvalue weighted by Gasteiger charge is -2.19. The molecule has 0 radical (unpaired) electrons. The molecule has 1 aromatic heterocycles. The van der Waals surface area contributed by atoms with Gasteiger partial charge in [-0.1, -0.05) is 6.07 Å². The van der Waals surface area contributed by atoms with E-state index in [-0.39, 0.29) is 11.8 Å². The van der Waals surface area contributed by atoms with Crippen molar-refractivity contribution in [2.24, 2.45) is 0 Å². The molecule has 0 atom stereocenters. The van der Waals surface area contributed by atoms with E-state index in [4.69, 9.17) is 0 Å². The fourth-order valence-electron chi connectivity index (χ4n) is 3.10. The van der Waals surface area contributed by atoms with E-state index in [1.54, 1.807) is 6.20 Å². The fraction of sp³-hybridized carbons (Fsp3) is 0.333. The minimum absolute atomic E-state index is 0.0745. The lowest BCUT2D eigenvalue weighted by Crippen LogP contribution is -2.30. The Morgan fingerprint density at radius 2 is 1.87 bits per heavy atom. The van der Waals surface area contributed by atoms with Gasteiger partial charge in [-0.2, -0.15) is 0 Å². The summed E-state index contributed by atoms with van der Waals surface area (Å²) in [7, 11) is 0. The number of fused-ring (bicyclic) bond motifs is 1. The number of aromatic amines is 1. The highest BCUT2D eigenvalue weighted by Crippen LogP contribution is 2.33. The molecule has 0 spiro atoms. The molecule has 3 rings (SSSR count). The lowest BCUT2D eigenvalue weighted by molar-refractivity contribution is -0.114. The van der Waals surface area contributed by atoms with E-state index < -0.39 is 0 Å². The number of rotatable bonds is 2. The van der Waals surface area contributed by atoms with Crippen LogP contribution in [0.2, 0.25) is 0 Å². The van der Waals surface area contributed by atoms with Gasteiger partial charge in [0.05, 0.1) is 11.3 Å². The summed E-state index contributed by atoms with van der Waals surface area (Å²) in [5.41, 5.74) is 6.44. The highest BCUT2D eigenvalue weighted by atomic mass is 16.2. The first-order valence-corrected chi connectivity index (χ1v) is 7.76. The van der Waals surface area contributed by atoms with Crippen molar-refractivity contribution in [1.82, 2.24) is 4.98 Å². The maximum atomic E-state index is 13.0. The zero-order chi connectivity index (χ0) is 16.7. The number of aryl methyl sites for hydroxylation is 3. The maximum absolute atomic E-state index is 13.0. The minimum Gasteiger partial charge on any atom is -0.363 e. The molecule has 0 saturated carbocycles. The number of benzene rings is 1. The van der Waals surface area contributed by atoms with Crippen molar-refractivity contribution in [3.05, 3.63) is 46.3 Å². The topological polar surface area (TPSA) is 65.2 Å². The normalized spacial score (nSPS) is 13.1. The molecule has 0 bridgehead atoms. The number of hydrogen-bond acceptors (Lipinski definition) is 2. The van der Waals surface area contributed by atoms with Crippen LogP contribution < -0.4 is 10.2 Å². The van der Waals surface area contributed by atoms with Crippen molar-refractivity contribution >= 4 is 23.2 Å². The molecule has 0 saturated heterocycles. The summed E-state index contributed by atoms with van der Waals surface area (Å²) in [6, 6.07) is 4.24. The van der Waals surface area contributed by atoms with E-state index in [2.05, 4.69) is 36.3 Å². The van der Waals surface area contributed by atoms with Crippen LogP contribution in [-0.2, 0) is 11.2 Å². The first kappa shape index (κ1) is 15.3. The van der Waals surface area contributed by atoms with Gasteiger partial charge in [0, 0.05) is 31.0 Å². The van der Waals surface area contributed by atoms with Crippen LogP contribution in [0, 0.1) is 20.8 Å². The van der Waals surface area contributed by atoms with Gasteiger partial charge in [0.2, 0.25) is 5.91 Å². The molecular weight excluding hydrogens is 290 g/mol. The van der Waals surface area contributed by atoms with Gasteiger partial charge in [-0.25, -0.2) is 0 Å². The van der Waals surface area contributed by atoms with E-state index in [1.165, 1.54) is 23.6 Å². The number of H-pyrrole nitrogens is 1. The summed E-state index contributed by atoms with van der Waals surface area (Å²) in [6.45, 7) is 8.09. The molecule has 0 fully saturated rings. The van der Waals surface area contributed by atoms with Crippen LogP contribution in [0.15, 0.2) is 18.3 Å². The molecule has 23 heavy (non-hydrogen) atoms. The molecule has 1 aromatic carbocycles. The average Bonchev–Trinajstić information content (AvgIpc) is 3.02. The highest BCUT2D eigenvalue weighted by molar-refractivity contribution is 6.13. The van der Waals surface area contributed by atoms with Crippen molar-refractivity contribution in [2.75, 3.05) is 16.8 Å². The smallest absolute Gasteiger partial charge is 0.262 e. The van der Waals surface area contributed by atoms with Crippen molar-refractivity contribution in [3.63, 3.8) is 0 Å². The summed E-state index contributed by atoms with van der Waals surface area (Å²) in [5.74, 6) is -0.263. The Balaban J connectivity index is 2.00. The quantitative estimate of drug-likeness (QED) is 0.895. The Hall–Kier alpha value is -2.56. The summed E-state index contributed by atoms with van der Waals surface area (Å²) >= 11 is 0. The second kappa shape index (κ2) is 5.57. The second-order valence-corrected chi connectivity index (χ2v) is 6.16. The Bertz CT molecular complexity index is 805. The first-order valence-electron chi connectivity index (χ1n) is 7.76. The second-order valence-electron chi connectivity index (χ2n) is 6.16. The molecular formula is C18H21N3O2. The van der Waals surface area contributed by atoms with Crippen LogP contribution in [0.3, 0.4) is 0 Å². The number of carbonyl (C=O) groups is 2. The number of anilines is 2. The van der Waals surface area contributed by atoms with Crippen molar-refractivity contribution in [1.29, 1.82) is 0 Å². The number of nitrogens with zero attached hydrogens (tertiary/aromatic N) is 1. The minimum atomic E-state index is -0.189. The van der Waals surface area contributed by atoms with Gasteiger partial charge in [-0.05, 0) is 49.9 Å². The molecule has 5 heteroatoms. The van der Waals surface area contributed by atoms with Crippen molar-refractivity contribution in [2.45, 2.75) is 34.1 Å². The fourth-order valence-corrected chi connectivity index (χ4v) is 3.10. The third kappa shape index (κ3) is 2.63. The van der Waals surface area contributed by atoms with Gasteiger partial charge in [0.25, 0.3) is 5.91 Å². The number of nitrogens with one attached hydrogen (secondary N) is 2. The Morgan fingerprint density at radius 1 is 1.17 bits per heavy atom. The third-order valence-electron chi connectivity index (χ3n) is 4.44. The number of aromatic nitrogens is 1. The third-order valence-corrected chi connectivity index (χ3v) is 4.44. The number of amides is 2. The molecule has 120 valence electrons. The molecule has 2 heterocycles. The van der Waals surface area contributed by atoms with Crippen LogP contribution in [0.4, 0.5) is 11.4 Å². The Morgan fingerprint density at radius 3 is 2.57 bits per heavy atom. The number of hydrogen-bond donors (Lipinski definition) is 2. The molecule has 1 aliphatic rings. The molecule has 2 aromatic rings. The molecule has 0 aliphatic carbocycles. The summed E-state index contributed by atoms with van der Waals surface area (Å²) in [5, 5.41) is 2.73. The van der Waals surface area contributed by atoms with E-state index in [0.717, 1.165) is 17.8 Å². The van der Waals surface area contributed by atoms with E-state index in [1.807, 2.05) is 11.8 Å². The molecule has 5 nitrogen and oxygen atoms in total. The molecule has 2 N–H and O–H groups in total. The standard InChI is InChI=1S/C18H21N3O2/c1-10-7-14-5-6-21(16(14)8-11(10)2)18(23)17-12(3)19-9-15(17)20-13(4)22/h7-9,19H,5-6H2,1-4H3,(H,20,22). The van der Waals surface area contributed by atoms with Crippen LogP contribution in [0.25, 0.3) is 0 Å². The van der Waals surface area contributed by atoms with Crippen molar-refractivity contribution in [3.8, 4) is 0 Å². The maximum Gasteiger partial charge on any atom is 0.262 e. The van der Waals surface area contributed by atoms with E-state index >= 15 is 0 Å².